The van der Waals surface area contributed by atoms with E-state index in [1.807, 2.05) is 22.6 Å². The van der Waals surface area contributed by atoms with Gasteiger partial charge in [-0.15, -0.1) is 0 Å². The summed E-state index contributed by atoms with van der Waals surface area (Å²) >= 11 is 0. The molecule has 1 N–H and O–H groups in total. The minimum absolute atomic E-state index is 0.00946. The number of ether oxygens (including phenoxy) is 1. The number of amides is 1. The number of hydrogen-bond acceptors (Lipinski definition) is 6. The quantitative estimate of drug-likeness (QED) is 0.845. The molecule has 1 aliphatic heterocycles. The van der Waals surface area contributed by atoms with Gasteiger partial charge in [0.05, 0.1) is 13.2 Å². The third-order valence-corrected chi connectivity index (χ3v) is 6.24. The predicted molar refractivity (Wildman–Crippen MR) is 109 cm³/mol. The summed E-state index contributed by atoms with van der Waals surface area (Å²) in [7, 11) is 0. The highest BCUT2D eigenvalue weighted by Gasteiger charge is 2.32. The maximum absolute atomic E-state index is 12.8. The van der Waals surface area contributed by atoms with Gasteiger partial charge in [0.25, 0.3) is 11.5 Å². The Morgan fingerprint density at radius 1 is 1.24 bits per heavy atom. The SMILES string of the molecule is Cc1cc(=O)n(C2CCCC2)c2nc(N3CCOC(C(=O)NC4CC4)C3)ncc12. The van der Waals surface area contributed by atoms with Crippen LogP contribution in [0.3, 0.4) is 0 Å². The smallest absolute Gasteiger partial charge is 0.252 e. The van der Waals surface area contributed by atoms with Crippen LogP contribution in [0.5, 0.6) is 0 Å². The van der Waals surface area contributed by atoms with E-state index in [-0.39, 0.29) is 17.5 Å². The van der Waals surface area contributed by atoms with E-state index >= 15 is 0 Å². The summed E-state index contributed by atoms with van der Waals surface area (Å²) in [6.07, 6.45) is 7.71. The second-order valence-electron chi connectivity index (χ2n) is 8.47. The molecule has 2 aromatic rings. The van der Waals surface area contributed by atoms with Crippen LogP contribution in [-0.4, -0.2) is 52.3 Å². The van der Waals surface area contributed by atoms with Gasteiger partial charge in [0.1, 0.15) is 5.65 Å². The molecule has 1 amide bonds. The number of fused-ring (bicyclic) bond motifs is 1. The van der Waals surface area contributed by atoms with Crippen molar-refractivity contribution in [3.8, 4) is 0 Å². The summed E-state index contributed by atoms with van der Waals surface area (Å²) in [5, 5.41) is 3.92. The number of aromatic nitrogens is 3. The fourth-order valence-corrected chi connectivity index (χ4v) is 4.44. The van der Waals surface area contributed by atoms with Crippen LogP contribution in [0.2, 0.25) is 0 Å². The van der Waals surface area contributed by atoms with Crippen molar-refractivity contribution in [1.82, 2.24) is 19.9 Å². The molecule has 154 valence electrons. The number of pyridine rings is 1. The molecule has 1 saturated heterocycles. The zero-order valence-corrected chi connectivity index (χ0v) is 16.8. The highest BCUT2D eigenvalue weighted by Crippen LogP contribution is 2.31. The third kappa shape index (κ3) is 3.61. The largest absolute Gasteiger partial charge is 0.365 e. The van der Waals surface area contributed by atoms with E-state index in [1.165, 1.54) is 0 Å². The molecule has 1 unspecified atom stereocenters. The summed E-state index contributed by atoms with van der Waals surface area (Å²) in [6, 6.07) is 2.20. The highest BCUT2D eigenvalue weighted by atomic mass is 16.5. The average molecular weight is 397 g/mol. The second-order valence-corrected chi connectivity index (χ2v) is 8.47. The van der Waals surface area contributed by atoms with Gasteiger partial charge in [-0.2, -0.15) is 4.98 Å². The summed E-state index contributed by atoms with van der Waals surface area (Å²) < 4.78 is 7.55. The van der Waals surface area contributed by atoms with Crippen molar-refractivity contribution in [1.29, 1.82) is 0 Å². The van der Waals surface area contributed by atoms with Gasteiger partial charge in [-0.3, -0.25) is 14.2 Å². The number of hydrogen-bond donors (Lipinski definition) is 1. The molecule has 29 heavy (non-hydrogen) atoms. The van der Waals surface area contributed by atoms with E-state index in [4.69, 9.17) is 9.72 Å². The van der Waals surface area contributed by atoms with Gasteiger partial charge in [0, 0.05) is 36.3 Å². The Labute approximate surface area is 169 Å². The van der Waals surface area contributed by atoms with Crippen LogP contribution in [-0.2, 0) is 9.53 Å². The number of anilines is 1. The van der Waals surface area contributed by atoms with Crippen molar-refractivity contribution in [2.75, 3.05) is 24.6 Å². The van der Waals surface area contributed by atoms with Gasteiger partial charge in [-0.05, 0) is 38.2 Å². The van der Waals surface area contributed by atoms with Crippen LogP contribution in [0.15, 0.2) is 17.1 Å². The number of nitrogens with one attached hydrogen (secondary N) is 1. The molecule has 5 rings (SSSR count). The molecule has 3 aliphatic rings. The first-order valence-corrected chi connectivity index (χ1v) is 10.7. The van der Waals surface area contributed by atoms with E-state index in [0.717, 1.165) is 49.5 Å². The third-order valence-electron chi connectivity index (χ3n) is 6.24. The number of morpholine rings is 1. The van der Waals surface area contributed by atoms with Gasteiger partial charge in [-0.1, -0.05) is 12.8 Å². The first kappa shape index (κ1) is 18.5. The summed E-state index contributed by atoms with van der Waals surface area (Å²) in [5.74, 6) is 0.499. The fraction of sp³-hybridized carbons (Fsp3) is 0.619. The zero-order chi connectivity index (χ0) is 20.0. The Balaban J connectivity index is 1.47. The van der Waals surface area contributed by atoms with Crippen LogP contribution >= 0.6 is 0 Å². The molecule has 0 spiro atoms. The molecule has 2 aromatic heterocycles. The lowest BCUT2D eigenvalue weighted by atomic mass is 10.1. The van der Waals surface area contributed by atoms with E-state index in [0.29, 0.717) is 37.3 Å². The normalized spacial score (nSPS) is 22.9. The Hall–Kier alpha value is -2.48. The lowest BCUT2D eigenvalue weighted by Crippen LogP contribution is -2.50. The maximum atomic E-state index is 12.8. The van der Waals surface area contributed by atoms with Gasteiger partial charge in [-0.25, -0.2) is 4.98 Å². The molecule has 3 fully saturated rings. The fourth-order valence-electron chi connectivity index (χ4n) is 4.44. The molecule has 2 aliphatic carbocycles. The predicted octanol–water partition coefficient (Wildman–Crippen LogP) is 1.70. The van der Waals surface area contributed by atoms with E-state index < -0.39 is 6.10 Å². The number of carbonyl (C=O) groups excluding carboxylic acids is 1. The van der Waals surface area contributed by atoms with Crippen molar-refractivity contribution in [2.24, 2.45) is 0 Å². The summed E-state index contributed by atoms with van der Waals surface area (Å²) in [6.45, 7) is 3.42. The van der Waals surface area contributed by atoms with Crippen LogP contribution in [0, 0.1) is 6.92 Å². The first-order valence-electron chi connectivity index (χ1n) is 10.7. The maximum Gasteiger partial charge on any atom is 0.252 e. The van der Waals surface area contributed by atoms with Gasteiger partial charge >= 0.3 is 0 Å². The lowest BCUT2D eigenvalue weighted by molar-refractivity contribution is -0.133. The van der Waals surface area contributed by atoms with E-state index in [9.17, 15) is 9.59 Å². The van der Waals surface area contributed by atoms with Crippen LogP contribution < -0.4 is 15.8 Å². The summed E-state index contributed by atoms with van der Waals surface area (Å²) in [4.78, 5) is 36.6. The molecule has 3 heterocycles. The van der Waals surface area contributed by atoms with Crippen molar-refractivity contribution >= 4 is 22.9 Å². The topological polar surface area (TPSA) is 89.4 Å². The Morgan fingerprint density at radius 2 is 2.03 bits per heavy atom. The molecule has 0 bridgehead atoms. The van der Waals surface area contributed by atoms with Crippen LogP contribution in [0.1, 0.15) is 50.1 Å². The number of nitrogens with zero attached hydrogens (tertiary/aromatic N) is 4. The van der Waals surface area contributed by atoms with Gasteiger partial charge < -0.3 is 15.0 Å². The molecule has 1 atom stereocenters. The van der Waals surface area contributed by atoms with Gasteiger partial charge in [0.2, 0.25) is 5.95 Å². The van der Waals surface area contributed by atoms with Crippen molar-refractivity contribution in [3.63, 3.8) is 0 Å². The van der Waals surface area contributed by atoms with Crippen molar-refractivity contribution in [2.45, 2.75) is 63.6 Å². The standard InChI is InChI=1S/C21H27N5O3/c1-13-10-18(27)26(15-4-2-3-5-15)19-16(13)11-22-21(24-19)25-8-9-29-17(12-25)20(28)23-14-6-7-14/h10-11,14-15,17H,2-9,12H2,1H3,(H,23,28). The Bertz CT molecular complexity index is 994. The first-order chi connectivity index (χ1) is 14.1. The van der Waals surface area contributed by atoms with Crippen LogP contribution in [0.4, 0.5) is 5.95 Å². The van der Waals surface area contributed by atoms with Crippen molar-refractivity contribution < 1.29 is 9.53 Å². The molecular formula is C21H27N5O3. The number of rotatable bonds is 4. The number of aryl methyl sites for hydroxylation is 1. The minimum atomic E-state index is -0.516. The Kier molecular flexibility index (Phi) is 4.73. The molecule has 8 heteroatoms. The summed E-state index contributed by atoms with van der Waals surface area (Å²) in [5.41, 5.74) is 1.61. The van der Waals surface area contributed by atoms with E-state index in [1.54, 1.807) is 6.07 Å². The molecule has 0 radical (unpaired) electrons. The Morgan fingerprint density at radius 3 is 2.79 bits per heavy atom. The average Bonchev–Trinajstić information content (AvgIpc) is 3.38. The van der Waals surface area contributed by atoms with Crippen molar-refractivity contribution in [3.05, 3.63) is 28.2 Å². The molecule has 8 nitrogen and oxygen atoms in total. The van der Waals surface area contributed by atoms with E-state index in [2.05, 4.69) is 10.3 Å². The zero-order valence-electron chi connectivity index (χ0n) is 16.8. The minimum Gasteiger partial charge on any atom is -0.365 e. The molecule has 0 aromatic carbocycles. The van der Waals surface area contributed by atoms with Crippen LogP contribution in [0.25, 0.3) is 11.0 Å². The monoisotopic (exact) mass is 397 g/mol. The molecular weight excluding hydrogens is 370 g/mol. The number of carbonyl (C=O) groups is 1. The molecule has 2 saturated carbocycles. The lowest BCUT2D eigenvalue weighted by Gasteiger charge is -2.32. The second kappa shape index (κ2) is 7.40. The van der Waals surface area contributed by atoms with Gasteiger partial charge in [0.15, 0.2) is 6.10 Å². The highest BCUT2D eigenvalue weighted by molar-refractivity contribution is 5.82.